The third-order valence-corrected chi connectivity index (χ3v) is 4.87. The van der Waals surface area contributed by atoms with Gasteiger partial charge in [0.25, 0.3) is 5.91 Å². The Morgan fingerprint density at radius 2 is 1.82 bits per heavy atom. The van der Waals surface area contributed by atoms with Crippen LogP contribution in [0.1, 0.15) is 32.9 Å². The molecule has 0 fully saturated rings. The average Bonchev–Trinajstić information content (AvgIpc) is 3.01. The molecule has 140 valence electrons. The molecule has 2 aromatic carbocycles. The van der Waals surface area contributed by atoms with Crippen LogP contribution >= 0.6 is 0 Å². The zero-order chi connectivity index (χ0) is 19.7. The van der Waals surface area contributed by atoms with Crippen molar-refractivity contribution < 1.29 is 4.79 Å². The van der Waals surface area contributed by atoms with Crippen molar-refractivity contribution in [2.24, 2.45) is 0 Å². The Labute approximate surface area is 164 Å². The molecule has 4 rings (SSSR count). The Kier molecular flexibility index (Phi) is 4.65. The first kappa shape index (κ1) is 17.9. The van der Waals surface area contributed by atoms with E-state index in [1.54, 1.807) is 6.20 Å². The molecule has 0 saturated carbocycles. The number of aryl methyl sites for hydroxylation is 3. The van der Waals surface area contributed by atoms with Crippen molar-refractivity contribution in [3.63, 3.8) is 0 Å². The van der Waals surface area contributed by atoms with E-state index >= 15 is 0 Å². The fraction of sp³-hybridized carbons (Fsp3) is 0.174. The van der Waals surface area contributed by atoms with Crippen LogP contribution in [0.4, 0.5) is 5.69 Å². The molecule has 2 aromatic heterocycles. The van der Waals surface area contributed by atoms with Crippen LogP contribution < -0.4 is 5.32 Å². The quantitative estimate of drug-likeness (QED) is 0.568. The van der Waals surface area contributed by atoms with Gasteiger partial charge in [-0.3, -0.25) is 14.5 Å². The lowest BCUT2D eigenvalue weighted by Crippen LogP contribution is -2.12. The van der Waals surface area contributed by atoms with Crippen LogP contribution in [0.15, 0.2) is 60.8 Å². The molecule has 1 N–H and O–H groups in total. The standard InChI is InChI=1S/C23H22N4O/c1-15-6-11-21(20-5-4-12-24-22(15)20)25-23(28)19-9-7-18(8-10-19)14-27-17(3)13-16(2)26-27/h4-13H,14H2,1-3H3,(H,25,28). The van der Waals surface area contributed by atoms with E-state index in [9.17, 15) is 4.79 Å². The van der Waals surface area contributed by atoms with Gasteiger partial charge in [0, 0.05) is 22.8 Å². The number of pyridine rings is 1. The molecule has 0 spiro atoms. The number of amides is 1. The monoisotopic (exact) mass is 370 g/mol. The Morgan fingerprint density at radius 3 is 2.54 bits per heavy atom. The van der Waals surface area contributed by atoms with E-state index in [0.29, 0.717) is 12.1 Å². The van der Waals surface area contributed by atoms with Gasteiger partial charge in [-0.15, -0.1) is 0 Å². The summed E-state index contributed by atoms with van der Waals surface area (Å²) >= 11 is 0. The summed E-state index contributed by atoms with van der Waals surface area (Å²) in [7, 11) is 0. The molecule has 5 nitrogen and oxygen atoms in total. The molecule has 5 heteroatoms. The second kappa shape index (κ2) is 7.27. The first-order valence-corrected chi connectivity index (χ1v) is 9.27. The Hall–Kier alpha value is -3.47. The second-order valence-electron chi connectivity index (χ2n) is 7.07. The van der Waals surface area contributed by atoms with Crippen LogP contribution in [0.3, 0.4) is 0 Å². The minimum atomic E-state index is -0.133. The Morgan fingerprint density at radius 1 is 1.04 bits per heavy atom. The number of hydrogen-bond acceptors (Lipinski definition) is 3. The Bertz CT molecular complexity index is 1160. The number of carbonyl (C=O) groups excluding carboxylic acids is 1. The highest BCUT2D eigenvalue weighted by molar-refractivity contribution is 6.09. The van der Waals surface area contributed by atoms with Gasteiger partial charge in [-0.25, -0.2) is 0 Å². The topological polar surface area (TPSA) is 59.8 Å². The van der Waals surface area contributed by atoms with E-state index in [1.165, 1.54) is 0 Å². The smallest absolute Gasteiger partial charge is 0.255 e. The van der Waals surface area contributed by atoms with Gasteiger partial charge >= 0.3 is 0 Å². The van der Waals surface area contributed by atoms with Gasteiger partial charge in [0.15, 0.2) is 0 Å². The highest BCUT2D eigenvalue weighted by Gasteiger charge is 2.10. The minimum Gasteiger partial charge on any atom is -0.321 e. The summed E-state index contributed by atoms with van der Waals surface area (Å²) < 4.78 is 1.97. The van der Waals surface area contributed by atoms with Gasteiger partial charge in [0.2, 0.25) is 0 Å². The normalized spacial score (nSPS) is 11.0. The summed E-state index contributed by atoms with van der Waals surface area (Å²) in [6.07, 6.45) is 1.77. The lowest BCUT2D eigenvalue weighted by Gasteiger charge is -2.11. The minimum absolute atomic E-state index is 0.133. The van der Waals surface area contributed by atoms with E-state index in [1.807, 2.05) is 74.0 Å². The molecule has 0 aliphatic carbocycles. The molecule has 0 radical (unpaired) electrons. The molecular weight excluding hydrogens is 348 g/mol. The second-order valence-corrected chi connectivity index (χ2v) is 7.07. The third kappa shape index (κ3) is 3.51. The summed E-state index contributed by atoms with van der Waals surface area (Å²) in [5.74, 6) is -0.133. The lowest BCUT2D eigenvalue weighted by molar-refractivity contribution is 0.102. The summed E-state index contributed by atoms with van der Waals surface area (Å²) in [5, 5.41) is 8.44. The third-order valence-electron chi connectivity index (χ3n) is 4.87. The number of carbonyl (C=O) groups is 1. The van der Waals surface area contributed by atoms with Crippen molar-refractivity contribution in [1.29, 1.82) is 0 Å². The van der Waals surface area contributed by atoms with Crippen LogP contribution in [0, 0.1) is 20.8 Å². The van der Waals surface area contributed by atoms with Crippen molar-refractivity contribution >= 4 is 22.5 Å². The van der Waals surface area contributed by atoms with Gasteiger partial charge < -0.3 is 5.32 Å². The molecule has 28 heavy (non-hydrogen) atoms. The Balaban J connectivity index is 1.53. The van der Waals surface area contributed by atoms with Crippen LogP contribution in [-0.2, 0) is 6.54 Å². The predicted molar refractivity (Wildman–Crippen MR) is 112 cm³/mol. The zero-order valence-corrected chi connectivity index (χ0v) is 16.2. The molecule has 0 aliphatic heterocycles. The van der Waals surface area contributed by atoms with Gasteiger partial charge in [0.1, 0.15) is 0 Å². The van der Waals surface area contributed by atoms with Crippen molar-refractivity contribution in [3.05, 3.63) is 88.9 Å². The molecular formula is C23H22N4O. The number of aromatic nitrogens is 3. The van der Waals surface area contributed by atoms with Crippen LogP contribution in [0.5, 0.6) is 0 Å². The van der Waals surface area contributed by atoms with Crippen molar-refractivity contribution in [2.45, 2.75) is 27.3 Å². The molecule has 0 unspecified atom stereocenters. The van der Waals surface area contributed by atoms with E-state index in [4.69, 9.17) is 0 Å². The highest BCUT2D eigenvalue weighted by Crippen LogP contribution is 2.25. The number of rotatable bonds is 4. The maximum atomic E-state index is 12.7. The first-order chi connectivity index (χ1) is 13.5. The number of nitrogens with one attached hydrogen (secondary N) is 1. The van der Waals surface area contributed by atoms with E-state index < -0.39 is 0 Å². The SMILES string of the molecule is Cc1cc(C)n(Cc2ccc(C(=O)Nc3ccc(C)c4ncccc34)cc2)n1. The molecule has 0 bridgehead atoms. The van der Waals surface area contributed by atoms with E-state index in [-0.39, 0.29) is 5.91 Å². The summed E-state index contributed by atoms with van der Waals surface area (Å²) in [4.78, 5) is 17.1. The maximum absolute atomic E-state index is 12.7. The van der Waals surface area contributed by atoms with Crippen molar-refractivity contribution in [3.8, 4) is 0 Å². The lowest BCUT2D eigenvalue weighted by atomic mass is 10.1. The molecule has 0 aliphatic rings. The fourth-order valence-corrected chi connectivity index (χ4v) is 3.39. The molecule has 0 atom stereocenters. The van der Waals surface area contributed by atoms with Crippen LogP contribution in [0.2, 0.25) is 0 Å². The predicted octanol–water partition coefficient (Wildman–Crippen LogP) is 4.66. The fourth-order valence-electron chi connectivity index (χ4n) is 3.39. The van der Waals surface area contributed by atoms with Gasteiger partial charge in [-0.1, -0.05) is 18.2 Å². The average molecular weight is 370 g/mol. The highest BCUT2D eigenvalue weighted by atomic mass is 16.1. The summed E-state index contributed by atoms with van der Waals surface area (Å²) in [6.45, 7) is 6.74. The first-order valence-electron chi connectivity index (χ1n) is 9.27. The summed E-state index contributed by atoms with van der Waals surface area (Å²) in [6, 6.07) is 17.5. The molecule has 0 saturated heterocycles. The number of anilines is 1. The van der Waals surface area contributed by atoms with Crippen LogP contribution in [0.25, 0.3) is 10.9 Å². The maximum Gasteiger partial charge on any atom is 0.255 e. The largest absolute Gasteiger partial charge is 0.321 e. The zero-order valence-electron chi connectivity index (χ0n) is 16.2. The molecule has 2 heterocycles. The molecule has 1 amide bonds. The van der Waals surface area contributed by atoms with Crippen molar-refractivity contribution in [2.75, 3.05) is 5.32 Å². The van der Waals surface area contributed by atoms with E-state index in [0.717, 1.165) is 39.1 Å². The number of hydrogen-bond donors (Lipinski definition) is 1. The van der Waals surface area contributed by atoms with Gasteiger partial charge in [-0.2, -0.15) is 5.10 Å². The number of fused-ring (bicyclic) bond motifs is 1. The number of nitrogens with zero attached hydrogens (tertiary/aromatic N) is 3. The summed E-state index contributed by atoms with van der Waals surface area (Å²) in [5.41, 5.74) is 6.61. The van der Waals surface area contributed by atoms with Crippen LogP contribution in [-0.4, -0.2) is 20.7 Å². The van der Waals surface area contributed by atoms with Gasteiger partial charge in [-0.05, 0) is 68.3 Å². The number of benzene rings is 2. The van der Waals surface area contributed by atoms with Gasteiger partial charge in [0.05, 0.1) is 23.4 Å². The van der Waals surface area contributed by atoms with Crippen molar-refractivity contribution in [1.82, 2.24) is 14.8 Å². The van der Waals surface area contributed by atoms with E-state index in [2.05, 4.69) is 21.5 Å². The molecule has 4 aromatic rings.